The maximum atomic E-state index is 4.18. The highest BCUT2D eigenvalue weighted by atomic mass is 15.2. The minimum atomic E-state index is 0.614. The predicted octanol–water partition coefficient (Wildman–Crippen LogP) is 2.18. The first-order valence-electron chi connectivity index (χ1n) is 5.60. The van der Waals surface area contributed by atoms with Crippen LogP contribution in [0.3, 0.4) is 0 Å². The second-order valence-corrected chi connectivity index (χ2v) is 4.97. The van der Waals surface area contributed by atoms with Gasteiger partial charge in [-0.2, -0.15) is 0 Å². The third kappa shape index (κ3) is 3.02. The van der Waals surface area contributed by atoms with E-state index in [9.17, 15) is 0 Å². The Morgan fingerprint density at radius 1 is 1.50 bits per heavy atom. The fraction of sp³-hybridized carbons (Fsp3) is 0.833. The van der Waals surface area contributed by atoms with Gasteiger partial charge in [-0.15, -0.1) is 0 Å². The SMILES string of the molecule is C=C1CC(CN(C)C)CCN1C(C)C. The highest BCUT2D eigenvalue weighted by Crippen LogP contribution is 2.26. The van der Waals surface area contributed by atoms with Crippen LogP contribution in [0.1, 0.15) is 26.7 Å². The van der Waals surface area contributed by atoms with Crippen LogP contribution < -0.4 is 0 Å². The Morgan fingerprint density at radius 3 is 2.57 bits per heavy atom. The van der Waals surface area contributed by atoms with Gasteiger partial charge >= 0.3 is 0 Å². The third-order valence-electron chi connectivity index (χ3n) is 2.96. The zero-order valence-electron chi connectivity index (χ0n) is 10.1. The molecule has 0 N–H and O–H groups in total. The van der Waals surface area contributed by atoms with E-state index >= 15 is 0 Å². The quantitative estimate of drug-likeness (QED) is 0.682. The molecule has 1 saturated heterocycles. The highest BCUT2D eigenvalue weighted by Gasteiger charge is 2.23. The molecule has 0 aromatic carbocycles. The molecule has 0 bridgehead atoms. The molecule has 82 valence electrons. The van der Waals surface area contributed by atoms with Crippen LogP contribution >= 0.6 is 0 Å². The predicted molar refractivity (Wildman–Crippen MR) is 62.3 cm³/mol. The lowest BCUT2D eigenvalue weighted by Gasteiger charge is -2.39. The summed E-state index contributed by atoms with van der Waals surface area (Å²) >= 11 is 0. The van der Waals surface area contributed by atoms with Crippen molar-refractivity contribution in [3.63, 3.8) is 0 Å². The largest absolute Gasteiger partial charge is 0.373 e. The van der Waals surface area contributed by atoms with Crippen LogP contribution in [0.5, 0.6) is 0 Å². The molecule has 1 aliphatic rings. The Labute approximate surface area is 88.6 Å². The Kier molecular flexibility index (Phi) is 3.99. The smallest absolute Gasteiger partial charge is 0.0230 e. The number of hydrogen-bond donors (Lipinski definition) is 0. The van der Waals surface area contributed by atoms with E-state index < -0.39 is 0 Å². The van der Waals surface area contributed by atoms with E-state index in [1.165, 1.54) is 31.6 Å². The van der Waals surface area contributed by atoms with Crippen molar-refractivity contribution in [2.45, 2.75) is 32.7 Å². The zero-order valence-corrected chi connectivity index (χ0v) is 10.1. The summed E-state index contributed by atoms with van der Waals surface area (Å²) in [7, 11) is 4.30. The van der Waals surface area contributed by atoms with Gasteiger partial charge in [-0.05, 0) is 46.7 Å². The minimum absolute atomic E-state index is 0.614. The van der Waals surface area contributed by atoms with Crippen molar-refractivity contribution >= 4 is 0 Å². The summed E-state index contributed by atoms with van der Waals surface area (Å²) in [5, 5.41) is 0. The lowest BCUT2D eigenvalue weighted by molar-refractivity contribution is 0.182. The van der Waals surface area contributed by atoms with Gasteiger partial charge in [0.2, 0.25) is 0 Å². The van der Waals surface area contributed by atoms with Crippen molar-refractivity contribution in [2.75, 3.05) is 27.2 Å². The molecule has 0 amide bonds. The van der Waals surface area contributed by atoms with Gasteiger partial charge in [0.15, 0.2) is 0 Å². The monoisotopic (exact) mass is 196 g/mol. The lowest BCUT2D eigenvalue weighted by atomic mass is 9.93. The summed E-state index contributed by atoms with van der Waals surface area (Å²) in [6.45, 7) is 11.1. The molecule has 1 fully saturated rings. The average molecular weight is 196 g/mol. The number of rotatable bonds is 3. The molecule has 0 aliphatic carbocycles. The average Bonchev–Trinajstić information content (AvgIpc) is 2.01. The van der Waals surface area contributed by atoms with E-state index in [0.29, 0.717) is 6.04 Å². The first-order valence-corrected chi connectivity index (χ1v) is 5.60. The maximum absolute atomic E-state index is 4.18. The van der Waals surface area contributed by atoms with Crippen LogP contribution in [0.25, 0.3) is 0 Å². The topological polar surface area (TPSA) is 6.48 Å². The van der Waals surface area contributed by atoms with E-state index in [0.717, 1.165) is 5.92 Å². The molecule has 14 heavy (non-hydrogen) atoms. The molecule has 0 aromatic heterocycles. The molecule has 1 atom stereocenters. The standard InChI is InChI=1S/C12H24N2/c1-10(2)14-7-6-12(8-11(14)3)9-13(4)5/h10,12H,3,6-9H2,1-2,4-5H3. The Balaban J connectivity index is 2.43. The second-order valence-electron chi connectivity index (χ2n) is 4.97. The molecular weight excluding hydrogens is 172 g/mol. The highest BCUT2D eigenvalue weighted by molar-refractivity contribution is 5.01. The van der Waals surface area contributed by atoms with Crippen molar-refractivity contribution in [1.29, 1.82) is 0 Å². The van der Waals surface area contributed by atoms with Crippen molar-refractivity contribution in [2.24, 2.45) is 5.92 Å². The summed E-state index contributed by atoms with van der Waals surface area (Å²) in [6.07, 6.45) is 2.49. The molecule has 1 aliphatic heterocycles. The van der Waals surface area contributed by atoms with Gasteiger partial charge < -0.3 is 9.80 Å². The summed E-state index contributed by atoms with van der Waals surface area (Å²) in [4.78, 5) is 4.72. The molecule has 2 nitrogen and oxygen atoms in total. The molecular formula is C12H24N2. The fourth-order valence-corrected chi connectivity index (χ4v) is 2.33. The van der Waals surface area contributed by atoms with Crippen molar-refractivity contribution in [1.82, 2.24) is 9.80 Å². The van der Waals surface area contributed by atoms with E-state index in [-0.39, 0.29) is 0 Å². The summed E-state index contributed by atoms with van der Waals surface area (Å²) < 4.78 is 0. The maximum Gasteiger partial charge on any atom is 0.0230 e. The molecule has 1 heterocycles. The Morgan fingerprint density at radius 2 is 2.14 bits per heavy atom. The van der Waals surface area contributed by atoms with E-state index in [2.05, 4.69) is 44.3 Å². The van der Waals surface area contributed by atoms with Crippen LogP contribution in [-0.4, -0.2) is 43.0 Å². The minimum Gasteiger partial charge on any atom is -0.373 e. The summed E-state index contributed by atoms with van der Waals surface area (Å²) in [5.41, 5.74) is 1.33. The van der Waals surface area contributed by atoms with Crippen LogP contribution in [-0.2, 0) is 0 Å². The van der Waals surface area contributed by atoms with Gasteiger partial charge in [-0.1, -0.05) is 6.58 Å². The summed E-state index contributed by atoms with van der Waals surface area (Å²) in [5.74, 6) is 0.812. The van der Waals surface area contributed by atoms with E-state index in [1.807, 2.05) is 0 Å². The van der Waals surface area contributed by atoms with Gasteiger partial charge in [0.25, 0.3) is 0 Å². The molecule has 2 heteroatoms. The first-order chi connectivity index (χ1) is 6.50. The number of allylic oxidation sites excluding steroid dienone is 1. The van der Waals surface area contributed by atoms with Crippen molar-refractivity contribution in [3.05, 3.63) is 12.3 Å². The molecule has 0 aromatic rings. The molecule has 0 saturated carbocycles. The van der Waals surface area contributed by atoms with Crippen molar-refractivity contribution in [3.8, 4) is 0 Å². The van der Waals surface area contributed by atoms with Crippen LogP contribution in [0.15, 0.2) is 12.3 Å². The fourth-order valence-electron chi connectivity index (χ4n) is 2.33. The zero-order chi connectivity index (χ0) is 10.7. The van der Waals surface area contributed by atoms with Gasteiger partial charge in [-0.3, -0.25) is 0 Å². The number of piperidine rings is 1. The van der Waals surface area contributed by atoms with E-state index in [1.54, 1.807) is 0 Å². The van der Waals surface area contributed by atoms with E-state index in [4.69, 9.17) is 0 Å². The van der Waals surface area contributed by atoms with Crippen LogP contribution in [0, 0.1) is 5.92 Å². The first kappa shape index (κ1) is 11.6. The van der Waals surface area contributed by atoms with Crippen LogP contribution in [0.2, 0.25) is 0 Å². The van der Waals surface area contributed by atoms with Crippen molar-refractivity contribution < 1.29 is 0 Å². The number of hydrogen-bond acceptors (Lipinski definition) is 2. The Bertz CT molecular complexity index is 196. The Hall–Kier alpha value is -0.500. The van der Waals surface area contributed by atoms with Crippen LogP contribution in [0.4, 0.5) is 0 Å². The van der Waals surface area contributed by atoms with Gasteiger partial charge in [-0.25, -0.2) is 0 Å². The molecule has 1 unspecified atom stereocenters. The molecule has 0 radical (unpaired) electrons. The third-order valence-corrected chi connectivity index (χ3v) is 2.96. The van der Waals surface area contributed by atoms with Gasteiger partial charge in [0.1, 0.15) is 0 Å². The lowest BCUT2D eigenvalue weighted by Crippen LogP contribution is -2.38. The molecule has 0 spiro atoms. The summed E-state index contributed by atoms with van der Waals surface area (Å²) in [6, 6.07) is 0.614. The number of likely N-dealkylation sites (tertiary alicyclic amines) is 1. The van der Waals surface area contributed by atoms with Gasteiger partial charge in [0, 0.05) is 24.8 Å². The molecule has 1 rings (SSSR count). The normalized spacial score (nSPS) is 23.7. The second kappa shape index (κ2) is 4.83. The van der Waals surface area contributed by atoms with Gasteiger partial charge in [0.05, 0.1) is 0 Å². The number of nitrogens with zero attached hydrogens (tertiary/aromatic N) is 2.